The maximum absolute atomic E-state index is 12.8. The highest BCUT2D eigenvalue weighted by atomic mass is 19.1. The number of phenols is 1. The van der Waals surface area contributed by atoms with Crippen LogP contribution in [0.15, 0.2) is 18.2 Å². The minimum absolute atomic E-state index is 0.0365. The van der Waals surface area contributed by atoms with Crippen LogP contribution in [0.2, 0.25) is 0 Å². The summed E-state index contributed by atoms with van der Waals surface area (Å²) < 4.78 is 12.8. The summed E-state index contributed by atoms with van der Waals surface area (Å²) in [6, 6.07) is 3.13. The Morgan fingerprint density at radius 2 is 2.05 bits per heavy atom. The van der Waals surface area contributed by atoms with Gasteiger partial charge in [-0.1, -0.05) is 13.8 Å². The van der Waals surface area contributed by atoms with Crippen molar-refractivity contribution in [2.45, 2.75) is 13.8 Å². The van der Waals surface area contributed by atoms with Crippen molar-refractivity contribution >= 4 is 11.8 Å². The quantitative estimate of drug-likeness (QED) is 0.857. The van der Waals surface area contributed by atoms with Crippen LogP contribution < -0.4 is 5.32 Å². The van der Waals surface area contributed by atoms with Crippen molar-refractivity contribution in [1.29, 1.82) is 0 Å². The van der Waals surface area contributed by atoms with Crippen molar-refractivity contribution in [2.24, 2.45) is 5.92 Å². The molecule has 1 aromatic rings. The van der Waals surface area contributed by atoms with Gasteiger partial charge in [-0.3, -0.25) is 9.59 Å². The van der Waals surface area contributed by atoms with Gasteiger partial charge in [0.05, 0.1) is 12.1 Å². The zero-order valence-corrected chi connectivity index (χ0v) is 11.8. The summed E-state index contributed by atoms with van der Waals surface area (Å²) >= 11 is 0. The third-order valence-corrected chi connectivity index (χ3v) is 2.63. The molecular weight excluding hydrogens is 263 g/mol. The monoisotopic (exact) mass is 282 g/mol. The molecule has 110 valence electrons. The summed E-state index contributed by atoms with van der Waals surface area (Å²) in [4.78, 5) is 24.8. The van der Waals surface area contributed by atoms with E-state index in [0.717, 1.165) is 12.1 Å². The maximum atomic E-state index is 12.8. The van der Waals surface area contributed by atoms with Crippen LogP contribution in [0.25, 0.3) is 0 Å². The zero-order valence-electron chi connectivity index (χ0n) is 11.8. The first-order valence-corrected chi connectivity index (χ1v) is 6.32. The minimum Gasteiger partial charge on any atom is -0.507 e. The fourth-order valence-electron chi connectivity index (χ4n) is 1.55. The Labute approximate surface area is 117 Å². The summed E-state index contributed by atoms with van der Waals surface area (Å²) in [6.45, 7) is 4.34. The molecular formula is C14H19FN2O3. The number of carbonyl (C=O) groups is 2. The number of likely N-dealkylation sites (N-methyl/N-ethyl adjacent to an activating group) is 1. The van der Waals surface area contributed by atoms with E-state index in [-0.39, 0.29) is 18.0 Å². The third kappa shape index (κ3) is 4.53. The van der Waals surface area contributed by atoms with Gasteiger partial charge in [0.15, 0.2) is 0 Å². The zero-order chi connectivity index (χ0) is 15.3. The molecule has 0 saturated carbocycles. The second kappa shape index (κ2) is 6.88. The molecule has 0 spiro atoms. The predicted octanol–water partition coefficient (Wildman–Crippen LogP) is 1.38. The van der Waals surface area contributed by atoms with Crippen molar-refractivity contribution in [1.82, 2.24) is 10.2 Å². The van der Waals surface area contributed by atoms with Gasteiger partial charge in [-0.15, -0.1) is 0 Å². The largest absolute Gasteiger partial charge is 0.507 e. The van der Waals surface area contributed by atoms with E-state index in [1.807, 2.05) is 13.8 Å². The minimum atomic E-state index is -0.628. The Hall–Kier alpha value is -2.11. The fraction of sp³-hybridized carbons (Fsp3) is 0.429. The van der Waals surface area contributed by atoms with Crippen LogP contribution in [-0.4, -0.2) is 42.0 Å². The molecule has 1 aromatic carbocycles. The van der Waals surface area contributed by atoms with Crippen LogP contribution in [-0.2, 0) is 4.79 Å². The Morgan fingerprint density at radius 3 is 2.60 bits per heavy atom. The number of hydrogen-bond acceptors (Lipinski definition) is 3. The van der Waals surface area contributed by atoms with E-state index in [0.29, 0.717) is 12.5 Å². The molecule has 5 nitrogen and oxygen atoms in total. The Bertz CT molecular complexity index is 503. The number of nitrogens with zero attached hydrogens (tertiary/aromatic N) is 1. The lowest BCUT2D eigenvalue weighted by Gasteiger charge is -2.18. The average molecular weight is 282 g/mol. The van der Waals surface area contributed by atoms with Crippen LogP contribution in [0, 0.1) is 11.7 Å². The summed E-state index contributed by atoms with van der Waals surface area (Å²) in [6.07, 6.45) is 0. The van der Waals surface area contributed by atoms with E-state index < -0.39 is 17.5 Å². The van der Waals surface area contributed by atoms with E-state index in [4.69, 9.17) is 0 Å². The van der Waals surface area contributed by atoms with E-state index in [2.05, 4.69) is 5.32 Å². The second-order valence-electron chi connectivity index (χ2n) is 5.02. The molecule has 6 heteroatoms. The SMILES string of the molecule is CC(C)CNC(=O)CN(C)C(=O)c1ccc(F)cc1O. The van der Waals surface area contributed by atoms with Gasteiger partial charge in [0, 0.05) is 19.7 Å². The molecule has 0 aromatic heterocycles. The summed E-state index contributed by atoms with van der Waals surface area (Å²) in [5.41, 5.74) is -0.0365. The first-order valence-electron chi connectivity index (χ1n) is 6.32. The number of carbonyl (C=O) groups excluding carboxylic acids is 2. The molecule has 0 aliphatic carbocycles. The van der Waals surface area contributed by atoms with Crippen molar-refractivity contribution in [3.63, 3.8) is 0 Å². The average Bonchev–Trinajstić information content (AvgIpc) is 2.35. The molecule has 20 heavy (non-hydrogen) atoms. The first-order chi connectivity index (χ1) is 9.31. The standard InChI is InChI=1S/C14H19FN2O3/c1-9(2)7-16-13(19)8-17(3)14(20)11-5-4-10(15)6-12(11)18/h4-6,9,18H,7-8H2,1-3H3,(H,16,19). The first kappa shape index (κ1) is 15.9. The molecule has 2 N–H and O–H groups in total. The van der Waals surface area contributed by atoms with Crippen molar-refractivity contribution in [3.05, 3.63) is 29.6 Å². The van der Waals surface area contributed by atoms with Crippen LogP contribution in [0.3, 0.4) is 0 Å². The van der Waals surface area contributed by atoms with Crippen LogP contribution >= 0.6 is 0 Å². The molecule has 0 bridgehead atoms. The number of nitrogens with one attached hydrogen (secondary N) is 1. The van der Waals surface area contributed by atoms with Crippen molar-refractivity contribution in [2.75, 3.05) is 20.1 Å². The van der Waals surface area contributed by atoms with E-state index in [1.54, 1.807) is 0 Å². The van der Waals surface area contributed by atoms with Crippen LogP contribution in [0.1, 0.15) is 24.2 Å². The number of halogens is 1. The van der Waals surface area contributed by atoms with E-state index in [9.17, 15) is 19.1 Å². The Morgan fingerprint density at radius 1 is 1.40 bits per heavy atom. The smallest absolute Gasteiger partial charge is 0.257 e. The summed E-state index contributed by atoms with van der Waals surface area (Å²) in [7, 11) is 1.44. The van der Waals surface area contributed by atoms with Gasteiger partial charge in [0.2, 0.25) is 5.91 Å². The van der Waals surface area contributed by atoms with E-state index in [1.165, 1.54) is 18.0 Å². The highest BCUT2D eigenvalue weighted by Crippen LogP contribution is 2.19. The third-order valence-electron chi connectivity index (χ3n) is 2.63. The number of aromatic hydroxyl groups is 1. The molecule has 1 rings (SSSR count). The van der Waals surface area contributed by atoms with Gasteiger partial charge in [0.25, 0.3) is 5.91 Å². The molecule has 2 amide bonds. The lowest BCUT2D eigenvalue weighted by atomic mass is 10.1. The number of benzene rings is 1. The lowest BCUT2D eigenvalue weighted by Crippen LogP contribution is -2.39. The van der Waals surface area contributed by atoms with Gasteiger partial charge < -0.3 is 15.3 Å². The van der Waals surface area contributed by atoms with Gasteiger partial charge in [-0.2, -0.15) is 0 Å². The summed E-state index contributed by atoms with van der Waals surface area (Å²) in [5.74, 6) is -1.57. The van der Waals surface area contributed by atoms with Crippen LogP contribution in [0.5, 0.6) is 5.75 Å². The molecule has 0 heterocycles. The van der Waals surface area contributed by atoms with Gasteiger partial charge >= 0.3 is 0 Å². The van der Waals surface area contributed by atoms with Gasteiger partial charge in [0.1, 0.15) is 11.6 Å². The molecule has 0 radical (unpaired) electrons. The Kier molecular flexibility index (Phi) is 5.49. The number of phenolic OH excluding ortho intramolecular Hbond substituents is 1. The summed E-state index contributed by atoms with van der Waals surface area (Å²) in [5, 5.41) is 12.2. The molecule has 0 fully saturated rings. The second-order valence-corrected chi connectivity index (χ2v) is 5.02. The topological polar surface area (TPSA) is 69.6 Å². The van der Waals surface area contributed by atoms with Gasteiger partial charge in [-0.05, 0) is 18.1 Å². The lowest BCUT2D eigenvalue weighted by molar-refractivity contribution is -0.121. The highest BCUT2D eigenvalue weighted by molar-refractivity contribution is 5.98. The van der Waals surface area contributed by atoms with Gasteiger partial charge in [-0.25, -0.2) is 4.39 Å². The normalized spacial score (nSPS) is 10.4. The molecule has 0 atom stereocenters. The van der Waals surface area contributed by atoms with Crippen LogP contribution in [0.4, 0.5) is 4.39 Å². The molecule has 0 saturated heterocycles. The number of rotatable bonds is 5. The molecule has 0 unspecified atom stereocenters. The molecule has 0 aliphatic heterocycles. The van der Waals surface area contributed by atoms with Crippen molar-refractivity contribution in [3.8, 4) is 5.75 Å². The predicted molar refractivity (Wildman–Crippen MR) is 72.9 cm³/mol. The number of amides is 2. The Balaban J connectivity index is 2.65. The number of hydrogen-bond donors (Lipinski definition) is 2. The highest BCUT2D eigenvalue weighted by Gasteiger charge is 2.18. The molecule has 0 aliphatic rings. The fourth-order valence-corrected chi connectivity index (χ4v) is 1.55. The van der Waals surface area contributed by atoms with E-state index >= 15 is 0 Å². The maximum Gasteiger partial charge on any atom is 0.257 e. The van der Waals surface area contributed by atoms with Crippen molar-refractivity contribution < 1.29 is 19.1 Å².